The van der Waals surface area contributed by atoms with E-state index in [1.807, 2.05) is 0 Å². The third-order valence-corrected chi connectivity index (χ3v) is 8.54. The topological polar surface area (TPSA) is 144 Å². The second-order valence-electron chi connectivity index (χ2n) is 10.6. The van der Waals surface area contributed by atoms with Crippen molar-refractivity contribution in [3.8, 4) is 0 Å². The highest BCUT2D eigenvalue weighted by Crippen LogP contribution is 2.31. The van der Waals surface area contributed by atoms with Gasteiger partial charge in [-0.15, -0.1) is 0 Å². The maximum Gasteiger partial charge on any atom is 0.251 e. The van der Waals surface area contributed by atoms with Crippen LogP contribution in [0.4, 0.5) is 17.6 Å². The van der Waals surface area contributed by atoms with Crippen molar-refractivity contribution in [2.45, 2.75) is 23.3 Å². The van der Waals surface area contributed by atoms with Gasteiger partial charge < -0.3 is 10.6 Å². The van der Waals surface area contributed by atoms with E-state index in [4.69, 9.17) is 0 Å². The first-order valence-electron chi connectivity index (χ1n) is 14.2. The lowest BCUT2D eigenvalue weighted by Gasteiger charge is -2.25. The summed E-state index contributed by atoms with van der Waals surface area (Å²) < 4.78 is 104. The van der Waals surface area contributed by atoms with Gasteiger partial charge in [-0.3, -0.25) is 14.4 Å². The Hall–Kier alpha value is -4.89. The summed E-state index contributed by atoms with van der Waals surface area (Å²) in [6, 6.07) is 15.8. The van der Waals surface area contributed by atoms with Crippen LogP contribution in [0.1, 0.15) is 54.8 Å². The van der Waals surface area contributed by atoms with E-state index < -0.39 is 98.7 Å². The standard InChI is InChI=1S/C33H28F4N2O7S2/c34-23-5-1-3-21(13-23)32(41)38-15-27(25-9-7-19(11-29(25)36)17-47(43)44)31(40)28(16-39-33(42)22-4-2-6-24(35)14-22)26-10-8-20(12-30(26)37)18-48(45)46/h1-14,27-28,47-48H,15-18H2,(H,38,41)(H,39,42). The number of hydrogen-bond donors (Lipinski definition) is 4. The van der Waals surface area contributed by atoms with Gasteiger partial charge in [-0.25, -0.2) is 34.4 Å². The normalized spacial score (nSPS) is 12.5. The fraction of sp³-hybridized carbons (Fsp3) is 0.182. The summed E-state index contributed by atoms with van der Waals surface area (Å²) in [5.74, 6) is -10.2. The van der Waals surface area contributed by atoms with Gasteiger partial charge in [0.2, 0.25) is 0 Å². The molecule has 0 radical (unpaired) electrons. The molecular formula is C33H28F4N2O7S2. The molecule has 0 saturated carbocycles. The molecule has 0 heterocycles. The fourth-order valence-electron chi connectivity index (χ4n) is 5.02. The van der Waals surface area contributed by atoms with Crippen LogP contribution in [0.25, 0.3) is 0 Å². The maximum absolute atomic E-state index is 15.6. The van der Waals surface area contributed by atoms with E-state index in [0.29, 0.717) is 0 Å². The number of halogens is 4. The molecule has 4 aromatic carbocycles. The van der Waals surface area contributed by atoms with Gasteiger partial charge in [-0.1, -0.05) is 36.4 Å². The zero-order valence-corrected chi connectivity index (χ0v) is 26.6. The van der Waals surface area contributed by atoms with E-state index in [1.54, 1.807) is 0 Å². The molecule has 2 amide bonds. The molecule has 4 aromatic rings. The number of carbonyl (C=O) groups excluding carboxylic acids is 3. The van der Waals surface area contributed by atoms with Crippen LogP contribution in [0.15, 0.2) is 84.9 Å². The highest BCUT2D eigenvalue weighted by atomic mass is 32.2. The Morgan fingerprint density at radius 3 is 1.29 bits per heavy atom. The zero-order chi connectivity index (χ0) is 35.0. The Morgan fingerprint density at radius 1 is 0.562 bits per heavy atom. The van der Waals surface area contributed by atoms with Crippen molar-refractivity contribution in [3.63, 3.8) is 0 Å². The monoisotopic (exact) mass is 704 g/mol. The quantitative estimate of drug-likeness (QED) is 0.116. The highest BCUT2D eigenvalue weighted by Gasteiger charge is 2.34. The van der Waals surface area contributed by atoms with Crippen molar-refractivity contribution < 1.29 is 48.8 Å². The van der Waals surface area contributed by atoms with Gasteiger partial charge >= 0.3 is 0 Å². The molecule has 9 nitrogen and oxygen atoms in total. The molecule has 48 heavy (non-hydrogen) atoms. The van der Waals surface area contributed by atoms with E-state index in [1.165, 1.54) is 36.4 Å². The van der Waals surface area contributed by atoms with Gasteiger partial charge in [0.1, 0.15) is 44.7 Å². The average Bonchev–Trinajstić information content (AvgIpc) is 3.02. The molecule has 0 aliphatic rings. The summed E-state index contributed by atoms with van der Waals surface area (Å²) in [6.45, 7) is -1.18. The van der Waals surface area contributed by atoms with Crippen LogP contribution in [-0.4, -0.2) is 47.5 Å². The number of ketones is 1. The molecule has 0 fully saturated rings. The van der Waals surface area contributed by atoms with E-state index in [2.05, 4.69) is 10.6 Å². The second-order valence-corrected chi connectivity index (χ2v) is 12.6. The number of benzene rings is 4. The predicted octanol–water partition coefficient (Wildman–Crippen LogP) is 3.76. The van der Waals surface area contributed by atoms with Crippen LogP contribution in [0, 0.1) is 23.3 Å². The van der Waals surface area contributed by atoms with Crippen molar-refractivity contribution in [3.05, 3.63) is 142 Å². The van der Waals surface area contributed by atoms with Gasteiger partial charge in [0.25, 0.3) is 11.8 Å². The zero-order valence-electron chi connectivity index (χ0n) is 24.8. The Morgan fingerprint density at radius 2 is 0.958 bits per heavy atom. The summed E-state index contributed by atoms with van der Waals surface area (Å²) >= 11 is 0. The van der Waals surface area contributed by atoms with Gasteiger partial charge in [0.15, 0.2) is 5.78 Å². The number of carbonyl (C=O) groups is 3. The summed E-state index contributed by atoms with van der Waals surface area (Å²) in [5.41, 5.74) is -0.696. The van der Waals surface area contributed by atoms with Gasteiger partial charge in [0, 0.05) is 35.3 Å². The predicted molar refractivity (Wildman–Crippen MR) is 169 cm³/mol. The van der Waals surface area contributed by atoms with E-state index in [-0.39, 0.29) is 33.4 Å². The number of Topliss-reactive ketones (excluding diaryl/α,β-unsaturated/α-hetero) is 1. The maximum atomic E-state index is 15.6. The molecule has 2 atom stereocenters. The lowest BCUT2D eigenvalue weighted by atomic mass is 9.82. The first-order chi connectivity index (χ1) is 22.8. The van der Waals surface area contributed by atoms with Crippen molar-refractivity contribution in [1.82, 2.24) is 10.6 Å². The second kappa shape index (κ2) is 16.3. The van der Waals surface area contributed by atoms with Crippen molar-refractivity contribution in [2.24, 2.45) is 0 Å². The van der Waals surface area contributed by atoms with Crippen LogP contribution in [-0.2, 0) is 37.7 Å². The summed E-state index contributed by atoms with van der Waals surface area (Å²) in [7, 11) is -5.84. The minimum atomic E-state index is -2.92. The molecule has 0 aliphatic heterocycles. The van der Waals surface area contributed by atoms with E-state index in [9.17, 15) is 40.0 Å². The average molecular weight is 705 g/mol. The number of nitrogens with one attached hydrogen (secondary N) is 2. The molecule has 0 aromatic heterocycles. The first kappa shape index (κ1) is 36.0. The molecule has 0 spiro atoms. The van der Waals surface area contributed by atoms with Crippen molar-refractivity contribution in [1.29, 1.82) is 0 Å². The molecule has 0 aliphatic carbocycles. The SMILES string of the molecule is O=C(NCC(C(=O)C(CNC(=O)c1cccc(F)c1)c1ccc(C[SH](=O)=O)cc1F)c1ccc(C[SH](=O)=O)cc1F)c1cccc(F)c1. The van der Waals surface area contributed by atoms with Crippen LogP contribution < -0.4 is 10.6 Å². The Labute approximate surface area is 275 Å². The Bertz CT molecular complexity index is 1860. The van der Waals surface area contributed by atoms with Crippen LogP contribution >= 0.6 is 0 Å². The number of thiol groups is 2. The van der Waals surface area contributed by atoms with Crippen molar-refractivity contribution >= 4 is 39.0 Å². The molecule has 252 valence electrons. The minimum Gasteiger partial charge on any atom is -0.351 e. The summed E-state index contributed by atoms with van der Waals surface area (Å²) in [6.07, 6.45) is 0. The smallest absolute Gasteiger partial charge is 0.251 e. The van der Waals surface area contributed by atoms with Crippen LogP contribution in [0.2, 0.25) is 0 Å². The molecule has 15 heteroatoms. The van der Waals surface area contributed by atoms with E-state index in [0.717, 1.165) is 48.5 Å². The molecule has 2 N–H and O–H groups in total. The van der Waals surface area contributed by atoms with Gasteiger partial charge in [-0.2, -0.15) is 0 Å². The lowest BCUT2D eigenvalue weighted by molar-refractivity contribution is -0.121. The van der Waals surface area contributed by atoms with Gasteiger partial charge in [0.05, 0.1) is 23.3 Å². The fourth-order valence-corrected chi connectivity index (χ4v) is 6.01. The number of rotatable bonds is 14. The minimum absolute atomic E-state index is 0.0691. The highest BCUT2D eigenvalue weighted by molar-refractivity contribution is 7.71. The van der Waals surface area contributed by atoms with Crippen molar-refractivity contribution in [2.75, 3.05) is 13.1 Å². The Kier molecular flexibility index (Phi) is 12.2. The van der Waals surface area contributed by atoms with Crippen LogP contribution in [0.3, 0.4) is 0 Å². The summed E-state index contributed by atoms with van der Waals surface area (Å²) in [5, 5.41) is 4.90. The third kappa shape index (κ3) is 9.58. The van der Waals surface area contributed by atoms with Gasteiger partial charge in [-0.05, 0) is 59.7 Å². The molecule has 0 saturated heterocycles. The molecule has 4 rings (SSSR count). The number of amides is 2. The molecule has 0 bridgehead atoms. The Balaban J connectivity index is 1.75. The number of hydrogen-bond acceptors (Lipinski definition) is 7. The van der Waals surface area contributed by atoms with Crippen LogP contribution in [0.5, 0.6) is 0 Å². The summed E-state index contributed by atoms with van der Waals surface area (Å²) in [4.78, 5) is 40.1. The lowest BCUT2D eigenvalue weighted by Crippen LogP contribution is -2.38. The molecular weight excluding hydrogens is 676 g/mol. The largest absolute Gasteiger partial charge is 0.351 e. The first-order valence-corrected chi connectivity index (χ1v) is 17.0. The third-order valence-electron chi connectivity index (χ3n) is 7.30. The van der Waals surface area contributed by atoms with E-state index >= 15 is 8.78 Å². The molecule has 2 unspecified atom stereocenters.